The zero-order chi connectivity index (χ0) is 25.1. The monoisotopic (exact) mass is 526 g/mol. The number of hydrogen-bond acceptors (Lipinski definition) is 6. The average Bonchev–Trinajstić information content (AvgIpc) is 3.40. The van der Waals surface area contributed by atoms with E-state index in [0.717, 1.165) is 31.1 Å². The minimum Gasteiger partial charge on any atom is -0.328 e. The number of benzene rings is 2. The number of rotatable bonds is 7. The van der Waals surface area contributed by atoms with E-state index >= 15 is 0 Å². The van der Waals surface area contributed by atoms with Crippen LogP contribution in [-0.4, -0.2) is 60.1 Å². The van der Waals surface area contributed by atoms with Crippen molar-refractivity contribution in [3.63, 3.8) is 0 Å². The first-order valence-electron chi connectivity index (χ1n) is 12.4. The molecule has 5 rings (SSSR count). The number of sulfonamides is 1. The molecule has 2 aromatic carbocycles. The summed E-state index contributed by atoms with van der Waals surface area (Å²) in [6.45, 7) is 0.0335. The third kappa shape index (κ3) is 5.16. The van der Waals surface area contributed by atoms with Crippen LogP contribution in [0.25, 0.3) is 10.8 Å². The number of nitrogens with zero attached hydrogens (tertiary/aromatic N) is 3. The lowest BCUT2D eigenvalue weighted by Crippen LogP contribution is -2.58. The molecule has 1 atom stereocenters. The first-order valence-corrected chi connectivity index (χ1v) is 14.7. The highest BCUT2D eigenvalue weighted by Gasteiger charge is 2.39. The standard InChI is InChI=1S/C26H30N4O4S2/c31-24-18-29(36(33,34)23-12-6-10-20-9-4-5-11-21(20)23)14-15-30(24)22(17-19-7-2-1-3-8-19)25(32)28-26-27-13-16-35-26/h4-6,9-13,16,19,22H,1-3,7-8,14-15,17-18H2,(H,27,28,32)/t22-/m0/s1. The summed E-state index contributed by atoms with van der Waals surface area (Å²) in [4.78, 5) is 32.6. The second kappa shape index (κ2) is 10.7. The van der Waals surface area contributed by atoms with Crippen molar-refractivity contribution in [3.05, 3.63) is 54.0 Å². The largest absolute Gasteiger partial charge is 0.328 e. The number of aromatic nitrogens is 1. The molecule has 1 saturated carbocycles. The van der Waals surface area contributed by atoms with E-state index in [4.69, 9.17) is 0 Å². The van der Waals surface area contributed by atoms with Gasteiger partial charge in [0, 0.05) is 30.1 Å². The molecular formula is C26H30N4O4S2. The number of carbonyl (C=O) groups is 2. The van der Waals surface area contributed by atoms with Crippen LogP contribution >= 0.6 is 11.3 Å². The van der Waals surface area contributed by atoms with Crippen LogP contribution in [0.5, 0.6) is 0 Å². The maximum atomic E-state index is 13.6. The number of nitrogens with one attached hydrogen (secondary N) is 1. The van der Waals surface area contributed by atoms with Gasteiger partial charge in [-0.05, 0) is 23.8 Å². The predicted molar refractivity (Wildman–Crippen MR) is 140 cm³/mol. The third-order valence-electron chi connectivity index (χ3n) is 7.21. The lowest BCUT2D eigenvalue weighted by atomic mass is 9.84. The van der Waals surface area contributed by atoms with Gasteiger partial charge in [0.2, 0.25) is 21.8 Å². The Balaban J connectivity index is 1.36. The fourth-order valence-electron chi connectivity index (χ4n) is 5.35. The smallest absolute Gasteiger partial charge is 0.248 e. The van der Waals surface area contributed by atoms with E-state index in [9.17, 15) is 18.0 Å². The van der Waals surface area contributed by atoms with Gasteiger partial charge in [0.1, 0.15) is 6.04 Å². The first kappa shape index (κ1) is 24.9. The SMILES string of the molecule is O=C(Nc1nccs1)[C@H](CC1CCCCC1)N1CCN(S(=O)(=O)c2cccc3ccccc23)CC1=O. The Labute approximate surface area is 215 Å². The lowest BCUT2D eigenvalue weighted by Gasteiger charge is -2.39. The molecule has 1 aliphatic heterocycles. The highest BCUT2D eigenvalue weighted by molar-refractivity contribution is 7.89. The Bertz CT molecular complexity index is 1330. The van der Waals surface area contributed by atoms with E-state index in [-0.39, 0.29) is 36.3 Å². The van der Waals surface area contributed by atoms with Crippen LogP contribution in [-0.2, 0) is 19.6 Å². The average molecular weight is 527 g/mol. The zero-order valence-electron chi connectivity index (χ0n) is 20.0. The summed E-state index contributed by atoms with van der Waals surface area (Å²) in [6.07, 6.45) is 7.77. The van der Waals surface area contributed by atoms with Crippen molar-refractivity contribution in [2.75, 3.05) is 25.0 Å². The minimum atomic E-state index is -3.88. The van der Waals surface area contributed by atoms with Gasteiger partial charge in [0.15, 0.2) is 5.13 Å². The third-order valence-corrected chi connectivity index (χ3v) is 9.80. The fourth-order valence-corrected chi connectivity index (χ4v) is 7.47. The zero-order valence-corrected chi connectivity index (χ0v) is 21.6. The summed E-state index contributed by atoms with van der Waals surface area (Å²) < 4.78 is 28.3. The van der Waals surface area contributed by atoms with Gasteiger partial charge in [-0.2, -0.15) is 4.31 Å². The van der Waals surface area contributed by atoms with Gasteiger partial charge < -0.3 is 10.2 Å². The molecule has 0 radical (unpaired) electrons. The number of anilines is 1. The molecule has 3 aromatic rings. The molecule has 1 aromatic heterocycles. The van der Waals surface area contributed by atoms with Crippen molar-refractivity contribution >= 4 is 49.1 Å². The van der Waals surface area contributed by atoms with Gasteiger partial charge in [-0.3, -0.25) is 9.59 Å². The van der Waals surface area contributed by atoms with Gasteiger partial charge in [-0.15, -0.1) is 11.3 Å². The molecule has 2 amide bonds. The van der Waals surface area contributed by atoms with Crippen molar-refractivity contribution in [2.45, 2.75) is 49.5 Å². The summed E-state index contributed by atoms with van der Waals surface area (Å²) in [6, 6.07) is 11.8. The molecule has 10 heteroatoms. The molecule has 2 aliphatic rings. The van der Waals surface area contributed by atoms with E-state index in [2.05, 4.69) is 10.3 Å². The van der Waals surface area contributed by atoms with Crippen LogP contribution in [0.15, 0.2) is 58.9 Å². The van der Waals surface area contributed by atoms with Crippen molar-refractivity contribution in [3.8, 4) is 0 Å². The molecule has 1 N–H and O–H groups in total. The Morgan fingerprint density at radius 1 is 1.08 bits per heavy atom. The summed E-state index contributed by atoms with van der Waals surface area (Å²) in [7, 11) is -3.88. The predicted octanol–water partition coefficient (Wildman–Crippen LogP) is 4.11. The topological polar surface area (TPSA) is 99.7 Å². The summed E-state index contributed by atoms with van der Waals surface area (Å²) >= 11 is 1.33. The van der Waals surface area contributed by atoms with Gasteiger partial charge in [0.05, 0.1) is 11.4 Å². The van der Waals surface area contributed by atoms with Crippen LogP contribution in [0, 0.1) is 5.92 Å². The van der Waals surface area contributed by atoms with Gasteiger partial charge in [-0.25, -0.2) is 13.4 Å². The lowest BCUT2D eigenvalue weighted by molar-refractivity contribution is -0.142. The Morgan fingerprint density at radius 3 is 2.61 bits per heavy atom. The Kier molecular flexibility index (Phi) is 7.36. The van der Waals surface area contributed by atoms with Crippen molar-refractivity contribution in [1.29, 1.82) is 0 Å². The summed E-state index contributed by atoms with van der Waals surface area (Å²) in [5.74, 6) is -0.231. The Hall–Kier alpha value is -2.82. The summed E-state index contributed by atoms with van der Waals surface area (Å²) in [5, 5.41) is 6.60. The number of fused-ring (bicyclic) bond motifs is 1. The van der Waals surface area contributed by atoms with Crippen molar-refractivity contribution in [1.82, 2.24) is 14.2 Å². The molecule has 0 bridgehead atoms. The van der Waals surface area contributed by atoms with Crippen LogP contribution in [0.1, 0.15) is 38.5 Å². The maximum absolute atomic E-state index is 13.6. The number of carbonyl (C=O) groups excluding carboxylic acids is 2. The van der Waals surface area contributed by atoms with E-state index < -0.39 is 16.1 Å². The number of thiazole rings is 1. The summed E-state index contributed by atoms with van der Waals surface area (Å²) in [5.41, 5.74) is 0. The first-order chi connectivity index (χ1) is 17.4. The molecule has 0 spiro atoms. The molecule has 1 aliphatic carbocycles. The molecule has 0 unspecified atom stereocenters. The van der Waals surface area contributed by atoms with Crippen molar-refractivity contribution in [2.24, 2.45) is 5.92 Å². The van der Waals surface area contributed by atoms with Crippen LogP contribution in [0.4, 0.5) is 5.13 Å². The fraction of sp³-hybridized carbons (Fsp3) is 0.423. The number of piperazine rings is 1. The number of hydrogen-bond donors (Lipinski definition) is 1. The normalized spacial score (nSPS) is 18.9. The minimum absolute atomic E-state index is 0.142. The molecule has 1 saturated heterocycles. The Morgan fingerprint density at radius 2 is 1.86 bits per heavy atom. The maximum Gasteiger partial charge on any atom is 0.248 e. The molecule has 2 heterocycles. The van der Waals surface area contributed by atoms with E-state index in [1.54, 1.807) is 40.7 Å². The molecule has 8 nitrogen and oxygen atoms in total. The highest BCUT2D eigenvalue weighted by Crippen LogP contribution is 2.31. The van der Waals surface area contributed by atoms with Gasteiger partial charge in [-0.1, -0.05) is 68.5 Å². The number of amides is 2. The van der Waals surface area contributed by atoms with E-state index in [1.165, 1.54) is 22.1 Å². The van der Waals surface area contributed by atoms with Crippen LogP contribution < -0.4 is 5.32 Å². The van der Waals surface area contributed by atoms with Crippen molar-refractivity contribution < 1.29 is 18.0 Å². The van der Waals surface area contributed by atoms with Gasteiger partial charge in [0.25, 0.3) is 0 Å². The van der Waals surface area contributed by atoms with Gasteiger partial charge >= 0.3 is 0 Å². The van der Waals surface area contributed by atoms with E-state index in [0.29, 0.717) is 22.9 Å². The molecule has 36 heavy (non-hydrogen) atoms. The molecule has 190 valence electrons. The van der Waals surface area contributed by atoms with Crippen LogP contribution in [0.3, 0.4) is 0 Å². The second-order valence-electron chi connectivity index (χ2n) is 9.49. The molecule has 2 fully saturated rings. The second-order valence-corrected chi connectivity index (χ2v) is 12.3. The van der Waals surface area contributed by atoms with E-state index in [1.807, 2.05) is 18.2 Å². The molecular weight excluding hydrogens is 496 g/mol. The van der Waals surface area contributed by atoms with Crippen LogP contribution in [0.2, 0.25) is 0 Å². The highest BCUT2D eigenvalue weighted by atomic mass is 32.2. The quantitative estimate of drug-likeness (QED) is 0.500.